The highest BCUT2D eigenvalue weighted by molar-refractivity contribution is 5.96. The molecule has 0 amide bonds. The molecule has 0 aliphatic carbocycles. The molecule has 1 N–H and O–H groups in total. The summed E-state index contributed by atoms with van der Waals surface area (Å²) in [4.78, 5) is 2.52. The summed E-state index contributed by atoms with van der Waals surface area (Å²) < 4.78 is 0. The molecule has 0 saturated carbocycles. The Morgan fingerprint density at radius 3 is 2.24 bits per heavy atom. The van der Waals surface area contributed by atoms with E-state index in [1.807, 2.05) is 0 Å². The molecule has 1 atom stereocenters. The van der Waals surface area contributed by atoms with Gasteiger partial charge in [-0.05, 0) is 50.4 Å². The van der Waals surface area contributed by atoms with Crippen LogP contribution in [0.2, 0.25) is 0 Å². The molecular weight excluding hydrogens is 256 g/mol. The molecule has 0 heterocycles. The topological polar surface area (TPSA) is 15.3 Å². The summed E-state index contributed by atoms with van der Waals surface area (Å²) in [5.74, 6) is 0. The summed E-state index contributed by atoms with van der Waals surface area (Å²) in [5.41, 5.74) is 2.69. The van der Waals surface area contributed by atoms with Gasteiger partial charge in [-0.1, -0.05) is 44.2 Å². The summed E-state index contributed by atoms with van der Waals surface area (Å²) in [6.45, 7) is 12.2. The van der Waals surface area contributed by atoms with Crippen LogP contribution >= 0.6 is 0 Å². The lowest BCUT2D eigenvalue weighted by atomic mass is 9.97. The maximum absolute atomic E-state index is 3.47. The third-order valence-corrected chi connectivity index (χ3v) is 4.33. The summed E-state index contributed by atoms with van der Waals surface area (Å²) in [6.07, 6.45) is 1.11. The molecule has 2 aromatic rings. The van der Waals surface area contributed by atoms with E-state index in [2.05, 4.69) is 74.3 Å². The van der Waals surface area contributed by atoms with Crippen molar-refractivity contribution in [3.05, 3.63) is 42.0 Å². The number of hydrogen-bond acceptors (Lipinski definition) is 2. The van der Waals surface area contributed by atoms with Crippen LogP contribution in [0.15, 0.2) is 36.4 Å². The van der Waals surface area contributed by atoms with Crippen molar-refractivity contribution in [2.75, 3.05) is 25.0 Å². The SMILES string of the molecule is CCNc1ccc(CC(C)N(CC)CC)c2ccccc12. The number of hydrogen-bond donors (Lipinski definition) is 1. The second kappa shape index (κ2) is 7.46. The third kappa shape index (κ3) is 3.56. The summed E-state index contributed by atoms with van der Waals surface area (Å²) in [7, 11) is 0. The van der Waals surface area contributed by atoms with E-state index >= 15 is 0 Å². The molecule has 21 heavy (non-hydrogen) atoms. The van der Waals surface area contributed by atoms with Crippen molar-refractivity contribution in [1.82, 2.24) is 4.90 Å². The first-order chi connectivity index (χ1) is 10.2. The monoisotopic (exact) mass is 284 g/mol. The van der Waals surface area contributed by atoms with Crippen molar-refractivity contribution >= 4 is 16.5 Å². The Labute approximate surface area is 129 Å². The standard InChI is InChI=1S/C19H28N2/c1-5-20-19-13-12-16(14-15(4)21(6-2)7-3)17-10-8-9-11-18(17)19/h8-13,15,20H,5-7,14H2,1-4H3. The Kier molecular flexibility index (Phi) is 5.63. The van der Waals surface area contributed by atoms with E-state index in [9.17, 15) is 0 Å². The van der Waals surface area contributed by atoms with E-state index in [0.29, 0.717) is 6.04 Å². The lowest BCUT2D eigenvalue weighted by Crippen LogP contribution is -2.34. The van der Waals surface area contributed by atoms with Crippen molar-refractivity contribution in [2.45, 2.75) is 40.2 Å². The van der Waals surface area contributed by atoms with Crippen molar-refractivity contribution < 1.29 is 0 Å². The third-order valence-electron chi connectivity index (χ3n) is 4.33. The summed E-state index contributed by atoms with van der Waals surface area (Å²) in [6, 6.07) is 13.8. The first-order valence-electron chi connectivity index (χ1n) is 8.19. The van der Waals surface area contributed by atoms with E-state index in [4.69, 9.17) is 0 Å². The zero-order chi connectivity index (χ0) is 15.2. The lowest BCUT2D eigenvalue weighted by molar-refractivity contribution is 0.230. The van der Waals surface area contributed by atoms with Gasteiger partial charge in [-0.15, -0.1) is 0 Å². The van der Waals surface area contributed by atoms with Gasteiger partial charge in [0.1, 0.15) is 0 Å². The largest absolute Gasteiger partial charge is 0.385 e. The van der Waals surface area contributed by atoms with E-state index in [1.165, 1.54) is 22.0 Å². The first kappa shape index (κ1) is 15.8. The minimum atomic E-state index is 0.577. The van der Waals surface area contributed by atoms with Gasteiger partial charge in [-0.3, -0.25) is 0 Å². The zero-order valence-corrected chi connectivity index (χ0v) is 13.8. The van der Waals surface area contributed by atoms with Gasteiger partial charge < -0.3 is 10.2 Å². The maximum atomic E-state index is 3.47. The van der Waals surface area contributed by atoms with Gasteiger partial charge in [0.05, 0.1) is 0 Å². The van der Waals surface area contributed by atoms with Gasteiger partial charge in [0, 0.05) is 23.7 Å². The van der Waals surface area contributed by atoms with Crippen LogP contribution in [-0.4, -0.2) is 30.6 Å². The number of rotatable bonds is 7. The Hall–Kier alpha value is -1.54. The highest BCUT2D eigenvalue weighted by atomic mass is 15.1. The smallest absolute Gasteiger partial charge is 0.0419 e. The molecule has 114 valence electrons. The Bertz CT molecular complexity index is 573. The fourth-order valence-electron chi connectivity index (χ4n) is 3.18. The number of nitrogens with one attached hydrogen (secondary N) is 1. The molecule has 0 fully saturated rings. The molecule has 0 saturated heterocycles. The highest BCUT2D eigenvalue weighted by Crippen LogP contribution is 2.28. The summed E-state index contributed by atoms with van der Waals surface area (Å²) >= 11 is 0. The normalized spacial score (nSPS) is 12.8. The minimum absolute atomic E-state index is 0.577. The minimum Gasteiger partial charge on any atom is -0.385 e. The van der Waals surface area contributed by atoms with E-state index < -0.39 is 0 Å². The van der Waals surface area contributed by atoms with Gasteiger partial charge in [0.2, 0.25) is 0 Å². The molecule has 0 spiro atoms. The average molecular weight is 284 g/mol. The highest BCUT2D eigenvalue weighted by Gasteiger charge is 2.13. The molecule has 0 aliphatic heterocycles. The van der Waals surface area contributed by atoms with Crippen LogP contribution in [0, 0.1) is 0 Å². The van der Waals surface area contributed by atoms with Crippen LogP contribution in [-0.2, 0) is 6.42 Å². The second-order valence-electron chi connectivity index (χ2n) is 5.62. The molecule has 2 aromatic carbocycles. The first-order valence-corrected chi connectivity index (χ1v) is 8.19. The van der Waals surface area contributed by atoms with Gasteiger partial charge in [-0.25, -0.2) is 0 Å². The molecular formula is C19H28N2. The van der Waals surface area contributed by atoms with Crippen LogP contribution in [0.25, 0.3) is 10.8 Å². The fraction of sp³-hybridized carbons (Fsp3) is 0.474. The van der Waals surface area contributed by atoms with Gasteiger partial charge >= 0.3 is 0 Å². The Morgan fingerprint density at radius 2 is 1.62 bits per heavy atom. The van der Waals surface area contributed by atoms with Gasteiger partial charge in [-0.2, -0.15) is 0 Å². The van der Waals surface area contributed by atoms with Crippen molar-refractivity contribution in [3.63, 3.8) is 0 Å². The lowest BCUT2D eigenvalue weighted by Gasteiger charge is -2.27. The number of fused-ring (bicyclic) bond motifs is 1. The van der Waals surface area contributed by atoms with Crippen LogP contribution in [0.4, 0.5) is 5.69 Å². The van der Waals surface area contributed by atoms with Crippen LogP contribution in [0.5, 0.6) is 0 Å². The predicted molar refractivity (Wildman–Crippen MR) is 94.2 cm³/mol. The number of anilines is 1. The number of benzene rings is 2. The molecule has 2 rings (SSSR count). The zero-order valence-electron chi connectivity index (χ0n) is 13.8. The van der Waals surface area contributed by atoms with E-state index in [0.717, 1.165) is 26.1 Å². The van der Waals surface area contributed by atoms with Crippen LogP contribution in [0.3, 0.4) is 0 Å². The van der Waals surface area contributed by atoms with Gasteiger partial charge in [0.25, 0.3) is 0 Å². The molecule has 0 bridgehead atoms. The number of likely N-dealkylation sites (N-methyl/N-ethyl adjacent to an activating group) is 1. The fourth-order valence-corrected chi connectivity index (χ4v) is 3.18. The Morgan fingerprint density at radius 1 is 0.952 bits per heavy atom. The summed E-state index contributed by atoms with van der Waals surface area (Å²) in [5, 5.41) is 6.19. The van der Waals surface area contributed by atoms with Crippen molar-refractivity contribution in [3.8, 4) is 0 Å². The van der Waals surface area contributed by atoms with E-state index in [-0.39, 0.29) is 0 Å². The molecule has 2 heteroatoms. The van der Waals surface area contributed by atoms with Crippen LogP contribution in [0.1, 0.15) is 33.3 Å². The van der Waals surface area contributed by atoms with E-state index in [1.54, 1.807) is 0 Å². The number of nitrogens with zero attached hydrogens (tertiary/aromatic N) is 1. The van der Waals surface area contributed by atoms with Crippen molar-refractivity contribution in [1.29, 1.82) is 0 Å². The van der Waals surface area contributed by atoms with Crippen LogP contribution < -0.4 is 5.32 Å². The quantitative estimate of drug-likeness (QED) is 0.802. The van der Waals surface area contributed by atoms with Crippen molar-refractivity contribution in [2.24, 2.45) is 0 Å². The molecule has 0 aromatic heterocycles. The molecule has 1 unspecified atom stereocenters. The molecule has 0 aliphatic rings. The van der Waals surface area contributed by atoms with Gasteiger partial charge in [0.15, 0.2) is 0 Å². The molecule has 0 radical (unpaired) electrons. The Balaban J connectivity index is 2.35. The average Bonchev–Trinajstić information content (AvgIpc) is 2.51. The molecule has 2 nitrogen and oxygen atoms in total. The predicted octanol–water partition coefficient (Wildman–Crippen LogP) is 4.54. The maximum Gasteiger partial charge on any atom is 0.0419 e. The second-order valence-corrected chi connectivity index (χ2v) is 5.62.